The van der Waals surface area contributed by atoms with E-state index in [1.807, 2.05) is 0 Å². The summed E-state index contributed by atoms with van der Waals surface area (Å²) in [6.45, 7) is 13.8. The van der Waals surface area contributed by atoms with Crippen molar-refractivity contribution in [1.82, 2.24) is 0 Å². The van der Waals surface area contributed by atoms with E-state index in [-0.39, 0.29) is 79.8 Å². The van der Waals surface area contributed by atoms with Crippen LogP contribution >= 0.6 is 0 Å². The van der Waals surface area contributed by atoms with Gasteiger partial charge in [-0.15, -0.1) is 11.8 Å². The van der Waals surface area contributed by atoms with E-state index in [9.17, 15) is 24.0 Å². The fourth-order valence-electron chi connectivity index (χ4n) is 22.7. The highest BCUT2D eigenvalue weighted by molar-refractivity contribution is 5.81. The number of esters is 5. The van der Waals surface area contributed by atoms with Gasteiger partial charge in [-0.3, -0.25) is 14.4 Å². The van der Waals surface area contributed by atoms with E-state index >= 15 is 0 Å². The van der Waals surface area contributed by atoms with E-state index in [0.29, 0.717) is 113 Å². The molecule has 0 N–H and O–H groups in total. The maximum Gasteiger partial charge on any atom is 0.330 e. The number of carbonyl (C=O) groups is 5. The van der Waals surface area contributed by atoms with Crippen LogP contribution in [0.4, 0.5) is 0 Å². The van der Waals surface area contributed by atoms with Crippen LogP contribution in [0.3, 0.4) is 0 Å². The second-order valence-electron chi connectivity index (χ2n) is 39.9. The van der Waals surface area contributed by atoms with Crippen LogP contribution in [0.5, 0.6) is 0 Å². The van der Waals surface area contributed by atoms with E-state index < -0.39 is 23.1 Å². The Balaban J connectivity index is 0.565. The Morgan fingerprint density at radius 1 is 0.328 bits per heavy atom. The Hall–Kier alpha value is -5.17. The third-order valence-corrected chi connectivity index (χ3v) is 31.2. The van der Waals surface area contributed by atoms with E-state index in [0.717, 1.165) is 228 Å². The normalized spacial score (nSPS) is 33.8. The zero-order chi connectivity index (χ0) is 85.2. The van der Waals surface area contributed by atoms with Gasteiger partial charge in [0.15, 0.2) is 5.60 Å². The fourth-order valence-corrected chi connectivity index (χ4v) is 22.7. The molecule has 122 heavy (non-hydrogen) atoms. The topological polar surface area (TPSA) is 187 Å². The third-order valence-electron chi connectivity index (χ3n) is 31.2. The first-order chi connectivity index (χ1) is 59.7. The van der Waals surface area contributed by atoms with Crippen molar-refractivity contribution in [2.75, 3.05) is 46.8 Å². The zero-order valence-electron chi connectivity index (χ0n) is 76.1. The molecule has 11 saturated carbocycles. The standard InChI is InChI=1S/C106H162O16/c1-5-9-11-19-80-37-41-88(42-38-80)90-63-69-105(70-64-90,120-79-119-98-59-57-97(58-60-98)118-78-117-96-51-45-92(46-52-96)102(109)115-76-16-15-75-114-101(108)8-4)67-61-86-33-29-84(30-34-86)23-17-21-82-25-27-83(28-26-82)22-18-24-85-31-35-87(36-32-85)62-68-106(71-65-91(66-72-106)89-43-39-81(40-44-89)20-12-10-6-2)122-104(111)94-49-55-99(56-50-94)121-103(110)93-47-53-95(54-48-93)116-77-112-73-13-14-74-113-100(107)7-3/h7-8,80-99H,3-6,9-16,19-21,24-60,63-66,69-79H2,1-2H3. The Kier molecular flexibility index (Phi) is 43.3. The average Bonchev–Trinajstić information content (AvgIpc) is 0.805. The Bertz CT molecular complexity index is 3320. The third kappa shape index (κ3) is 34.1. The van der Waals surface area contributed by atoms with Crippen molar-refractivity contribution in [1.29, 1.82) is 0 Å². The summed E-state index contributed by atoms with van der Waals surface area (Å²) in [7, 11) is 0. The molecule has 0 aromatic carbocycles. The highest BCUT2D eigenvalue weighted by Gasteiger charge is 2.45. The minimum atomic E-state index is -0.719. The summed E-state index contributed by atoms with van der Waals surface area (Å²) in [6.07, 6.45) is 64.3. The lowest BCUT2D eigenvalue weighted by atomic mass is 9.67. The monoisotopic (exact) mass is 1690 g/mol. The van der Waals surface area contributed by atoms with Gasteiger partial charge in [-0.25, -0.2) is 9.59 Å². The molecule has 11 rings (SSSR count). The predicted octanol–water partition coefficient (Wildman–Crippen LogP) is 23.4. The van der Waals surface area contributed by atoms with Crippen molar-refractivity contribution in [3.05, 3.63) is 25.3 Å². The van der Waals surface area contributed by atoms with Gasteiger partial charge in [-0.05, 0) is 330 Å². The first-order valence-corrected chi connectivity index (χ1v) is 50.6. The summed E-state index contributed by atoms with van der Waals surface area (Å²) < 4.78 is 66.0. The smallest absolute Gasteiger partial charge is 0.330 e. The fraction of sp³-hybridized carbons (Fsp3) is 0.840. The highest BCUT2D eigenvalue weighted by Crippen LogP contribution is 2.48. The molecule has 16 nitrogen and oxygen atoms in total. The van der Waals surface area contributed by atoms with Crippen LogP contribution in [0.25, 0.3) is 0 Å². The molecule has 0 aromatic rings. The molecule has 0 bridgehead atoms. The molecule has 0 amide bonds. The van der Waals surface area contributed by atoms with E-state index in [1.54, 1.807) is 0 Å². The van der Waals surface area contributed by atoms with Crippen LogP contribution in [0.15, 0.2) is 25.3 Å². The molecule has 682 valence electrons. The molecule has 0 atom stereocenters. The highest BCUT2D eigenvalue weighted by atomic mass is 16.7. The van der Waals surface area contributed by atoms with Gasteiger partial charge >= 0.3 is 29.8 Å². The lowest BCUT2D eigenvalue weighted by molar-refractivity contribution is -0.173. The largest absolute Gasteiger partial charge is 0.465 e. The lowest BCUT2D eigenvalue weighted by Gasteiger charge is -2.42. The van der Waals surface area contributed by atoms with E-state index in [4.69, 9.17) is 52.1 Å². The summed E-state index contributed by atoms with van der Waals surface area (Å²) in [6, 6.07) is 0. The van der Waals surface area contributed by atoms with Crippen molar-refractivity contribution < 1.29 is 76.1 Å². The van der Waals surface area contributed by atoms with Crippen LogP contribution in [-0.4, -0.2) is 118 Å². The van der Waals surface area contributed by atoms with Crippen molar-refractivity contribution in [2.24, 2.45) is 88.8 Å². The molecule has 16 heteroatoms. The van der Waals surface area contributed by atoms with Gasteiger partial charge < -0.3 is 52.1 Å². The van der Waals surface area contributed by atoms with Gasteiger partial charge in [0.25, 0.3) is 0 Å². The number of ether oxygens (including phenoxy) is 11. The predicted molar refractivity (Wildman–Crippen MR) is 478 cm³/mol. The lowest BCUT2D eigenvalue weighted by Crippen LogP contribution is -2.42. The minimum Gasteiger partial charge on any atom is -0.465 e. The van der Waals surface area contributed by atoms with Gasteiger partial charge in [0.2, 0.25) is 0 Å². The van der Waals surface area contributed by atoms with Crippen molar-refractivity contribution in [2.45, 2.75) is 428 Å². The Morgan fingerprint density at radius 3 is 1.13 bits per heavy atom. The molecule has 0 heterocycles. The number of hydrogen-bond donors (Lipinski definition) is 0. The summed E-state index contributed by atoms with van der Waals surface area (Å²) in [5, 5.41) is 0. The summed E-state index contributed by atoms with van der Waals surface area (Å²) in [5.41, 5.74) is -1.16. The molecule has 0 aromatic heterocycles. The van der Waals surface area contributed by atoms with E-state index in [1.165, 1.54) is 147 Å². The molecule has 0 radical (unpaired) electrons. The number of rotatable bonds is 40. The maximum absolute atomic E-state index is 14.4. The second-order valence-corrected chi connectivity index (χ2v) is 39.9. The van der Waals surface area contributed by atoms with Crippen LogP contribution in [-0.2, 0) is 76.1 Å². The first kappa shape index (κ1) is 97.4. The van der Waals surface area contributed by atoms with Gasteiger partial charge in [-0.2, -0.15) is 0 Å². The summed E-state index contributed by atoms with van der Waals surface area (Å²) >= 11 is 0. The Labute approximate surface area is 738 Å². The van der Waals surface area contributed by atoms with Crippen molar-refractivity contribution in [3.63, 3.8) is 0 Å². The number of unbranched alkanes of at least 4 members (excludes halogenated alkanes) is 6. The molecular formula is C106H162O16. The van der Waals surface area contributed by atoms with Crippen LogP contribution in [0, 0.1) is 136 Å². The Morgan fingerprint density at radius 2 is 0.680 bits per heavy atom. The molecule has 0 spiro atoms. The van der Waals surface area contributed by atoms with Gasteiger partial charge in [0.1, 0.15) is 32.1 Å². The summed E-state index contributed by atoms with van der Waals surface area (Å²) in [5.74, 6) is 36.6. The average molecular weight is 1690 g/mol. The van der Waals surface area contributed by atoms with Crippen LogP contribution in [0.2, 0.25) is 0 Å². The second kappa shape index (κ2) is 54.2. The number of carbonyl (C=O) groups excluding carboxylic acids is 5. The van der Waals surface area contributed by atoms with E-state index in [2.05, 4.69) is 74.4 Å². The van der Waals surface area contributed by atoms with Gasteiger partial charge in [-0.1, -0.05) is 140 Å². The minimum absolute atomic E-state index is 0.0623. The van der Waals surface area contributed by atoms with Crippen LogP contribution < -0.4 is 0 Å². The number of hydrogen-bond acceptors (Lipinski definition) is 16. The molecular weight excluding hydrogens is 1530 g/mol. The first-order valence-electron chi connectivity index (χ1n) is 50.6. The van der Waals surface area contributed by atoms with Crippen LogP contribution in [0.1, 0.15) is 386 Å². The molecule has 11 aliphatic rings. The SMILES string of the molecule is C=CC(=O)OCCCCOCOC1CCC(C(=O)OC2CCC(C(=O)OC3(C#CC4CCC(CC#CC5CCC(CC#CC6CCC(C#CC7(OCOC8CCC(OCOC9CCC(C(=O)OCCCCOC(=O)C=C)CC9)CC8)CCC(C8CCC(CCCCC)CC8)CC7)CC6)CC5)CC4)CCC(C4CCC(CCCCC)CC4)CC3)CC2)CC1. The molecule has 11 aliphatic carbocycles. The zero-order valence-corrected chi connectivity index (χ0v) is 76.1. The van der Waals surface area contributed by atoms with Gasteiger partial charge in [0, 0.05) is 55.3 Å². The summed E-state index contributed by atoms with van der Waals surface area (Å²) in [4.78, 5) is 63.0. The molecule has 0 unspecified atom stereocenters. The maximum atomic E-state index is 14.4. The van der Waals surface area contributed by atoms with Crippen molar-refractivity contribution in [3.8, 4) is 47.4 Å². The molecule has 11 fully saturated rings. The molecule has 0 saturated heterocycles. The quantitative estimate of drug-likeness (QED) is 0.0141. The molecule has 0 aliphatic heterocycles. The van der Waals surface area contributed by atoms with Gasteiger partial charge in [0.05, 0.1) is 62.0 Å². The van der Waals surface area contributed by atoms with Crippen molar-refractivity contribution >= 4 is 29.8 Å².